The number of ether oxygens (including phenoxy) is 1. The third-order valence-corrected chi connectivity index (χ3v) is 5.70. The molecule has 2 amide bonds. The SMILES string of the molecule is CCN(CC(=O)N1CCCN(c2ccc(-c3cccc(OC)c3)nn2)CC1)C(=O)C(C)C. The van der Waals surface area contributed by atoms with E-state index in [1.54, 1.807) is 12.0 Å². The van der Waals surface area contributed by atoms with Crippen molar-refractivity contribution >= 4 is 17.6 Å². The molecule has 2 aromatic rings. The first-order chi connectivity index (χ1) is 15.4. The van der Waals surface area contributed by atoms with Gasteiger partial charge in [0.2, 0.25) is 11.8 Å². The van der Waals surface area contributed by atoms with Crippen LogP contribution in [-0.2, 0) is 9.59 Å². The second-order valence-electron chi connectivity index (χ2n) is 8.24. The van der Waals surface area contributed by atoms with Gasteiger partial charge in [-0.1, -0.05) is 26.0 Å². The van der Waals surface area contributed by atoms with E-state index < -0.39 is 0 Å². The Hall–Kier alpha value is -3.16. The average molecular weight is 440 g/mol. The van der Waals surface area contributed by atoms with Crippen molar-refractivity contribution in [2.24, 2.45) is 5.92 Å². The van der Waals surface area contributed by atoms with Crippen molar-refractivity contribution in [2.45, 2.75) is 27.2 Å². The Morgan fingerprint density at radius 2 is 1.91 bits per heavy atom. The molecule has 32 heavy (non-hydrogen) atoms. The summed E-state index contributed by atoms with van der Waals surface area (Å²) in [6.45, 7) is 9.08. The molecule has 0 spiro atoms. The summed E-state index contributed by atoms with van der Waals surface area (Å²) in [4.78, 5) is 30.8. The Morgan fingerprint density at radius 1 is 1.09 bits per heavy atom. The van der Waals surface area contributed by atoms with Crippen LogP contribution in [0.3, 0.4) is 0 Å². The predicted molar refractivity (Wildman–Crippen MR) is 125 cm³/mol. The van der Waals surface area contributed by atoms with Crippen molar-refractivity contribution in [2.75, 3.05) is 51.3 Å². The van der Waals surface area contributed by atoms with Gasteiger partial charge in [-0.2, -0.15) is 0 Å². The number of methoxy groups -OCH3 is 1. The molecule has 0 saturated carbocycles. The Morgan fingerprint density at radius 3 is 2.56 bits per heavy atom. The third-order valence-electron chi connectivity index (χ3n) is 5.70. The predicted octanol–water partition coefficient (Wildman–Crippen LogP) is 2.70. The average Bonchev–Trinajstić information content (AvgIpc) is 3.08. The Labute approximate surface area is 190 Å². The maximum absolute atomic E-state index is 12.8. The lowest BCUT2D eigenvalue weighted by atomic mass is 10.1. The highest BCUT2D eigenvalue weighted by Gasteiger charge is 2.24. The van der Waals surface area contributed by atoms with E-state index in [0.717, 1.165) is 35.8 Å². The van der Waals surface area contributed by atoms with E-state index in [4.69, 9.17) is 4.74 Å². The van der Waals surface area contributed by atoms with Crippen molar-refractivity contribution in [3.63, 3.8) is 0 Å². The molecule has 8 nitrogen and oxygen atoms in total. The summed E-state index contributed by atoms with van der Waals surface area (Å²) >= 11 is 0. The van der Waals surface area contributed by atoms with Gasteiger partial charge in [-0.05, 0) is 37.6 Å². The Kier molecular flexibility index (Phi) is 8.03. The molecule has 0 unspecified atom stereocenters. The first kappa shape index (κ1) is 23.5. The summed E-state index contributed by atoms with van der Waals surface area (Å²) in [6, 6.07) is 11.7. The fraction of sp³-hybridized carbons (Fsp3) is 0.500. The molecular formula is C24H33N5O3. The van der Waals surface area contributed by atoms with Gasteiger partial charge >= 0.3 is 0 Å². The van der Waals surface area contributed by atoms with E-state index in [2.05, 4.69) is 15.1 Å². The van der Waals surface area contributed by atoms with E-state index in [1.165, 1.54) is 0 Å². The zero-order valence-electron chi connectivity index (χ0n) is 19.5. The molecule has 8 heteroatoms. The molecule has 1 aliphatic rings. The first-order valence-electron chi connectivity index (χ1n) is 11.2. The molecule has 2 heterocycles. The van der Waals surface area contributed by atoms with E-state index in [9.17, 15) is 9.59 Å². The lowest BCUT2D eigenvalue weighted by molar-refractivity contribution is -0.142. The normalized spacial score (nSPS) is 14.3. The lowest BCUT2D eigenvalue weighted by Gasteiger charge is -2.27. The minimum absolute atomic E-state index is 0.00200. The topological polar surface area (TPSA) is 78.9 Å². The standard InChI is InChI=1S/C24H33N5O3/c1-5-27(24(31)18(2)3)17-23(30)29-13-7-12-28(14-15-29)22-11-10-21(25-26-22)19-8-6-9-20(16-19)32-4/h6,8-11,16,18H,5,7,12-15,17H2,1-4H3. The number of amides is 2. The van der Waals surface area contributed by atoms with Crippen LogP contribution >= 0.6 is 0 Å². The molecular weight excluding hydrogens is 406 g/mol. The number of hydrogen-bond donors (Lipinski definition) is 0. The highest BCUT2D eigenvalue weighted by Crippen LogP contribution is 2.23. The largest absolute Gasteiger partial charge is 0.497 e. The first-order valence-corrected chi connectivity index (χ1v) is 11.2. The summed E-state index contributed by atoms with van der Waals surface area (Å²) in [6.07, 6.45) is 0.843. The van der Waals surface area contributed by atoms with Crippen molar-refractivity contribution in [1.29, 1.82) is 0 Å². The smallest absolute Gasteiger partial charge is 0.242 e. The Balaban J connectivity index is 1.61. The molecule has 0 N–H and O–H groups in total. The van der Waals surface area contributed by atoms with Crippen LogP contribution in [-0.4, -0.2) is 78.2 Å². The number of rotatable bonds is 7. The monoisotopic (exact) mass is 439 g/mol. The van der Waals surface area contributed by atoms with Gasteiger partial charge in [0.1, 0.15) is 5.75 Å². The molecule has 1 aliphatic heterocycles. The van der Waals surface area contributed by atoms with Gasteiger partial charge in [0.05, 0.1) is 19.3 Å². The van der Waals surface area contributed by atoms with Crippen molar-refractivity contribution < 1.29 is 14.3 Å². The lowest BCUT2D eigenvalue weighted by Crippen LogP contribution is -2.45. The fourth-order valence-electron chi connectivity index (χ4n) is 3.80. The van der Waals surface area contributed by atoms with Gasteiger partial charge in [0, 0.05) is 44.2 Å². The van der Waals surface area contributed by atoms with Crippen LogP contribution in [0.25, 0.3) is 11.3 Å². The molecule has 1 aromatic heterocycles. The third kappa shape index (κ3) is 5.75. The minimum atomic E-state index is -0.110. The second-order valence-corrected chi connectivity index (χ2v) is 8.24. The molecule has 172 valence electrons. The molecule has 1 aromatic carbocycles. The van der Waals surface area contributed by atoms with Crippen molar-refractivity contribution in [3.8, 4) is 17.0 Å². The second kappa shape index (κ2) is 10.9. The fourth-order valence-corrected chi connectivity index (χ4v) is 3.80. The number of anilines is 1. The number of nitrogens with zero attached hydrogens (tertiary/aromatic N) is 5. The van der Waals surface area contributed by atoms with Crippen LogP contribution in [0.2, 0.25) is 0 Å². The van der Waals surface area contributed by atoms with Gasteiger partial charge in [-0.25, -0.2) is 0 Å². The van der Waals surface area contributed by atoms with Crippen molar-refractivity contribution in [1.82, 2.24) is 20.0 Å². The molecule has 1 saturated heterocycles. The Bertz CT molecular complexity index is 916. The van der Waals surface area contributed by atoms with E-state index in [0.29, 0.717) is 26.2 Å². The number of carbonyl (C=O) groups is 2. The van der Waals surface area contributed by atoms with E-state index >= 15 is 0 Å². The number of aromatic nitrogens is 2. The van der Waals surface area contributed by atoms with Crippen LogP contribution in [0.5, 0.6) is 5.75 Å². The van der Waals surface area contributed by atoms with Gasteiger partial charge in [0.15, 0.2) is 5.82 Å². The van der Waals surface area contributed by atoms with Crippen LogP contribution in [0, 0.1) is 5.92 Å². The number of hydrogen-bond acceptors (Lipinski definition) is 6. The van der Waals surface area contributed by atoms with Crippen molar-refractivity contribution in [3.05, 3.63) is 36.4 Å². The molecule has 0 aliphatic carbocycles. The number of carbonyl (C=O) groups excluding carboxylic acids is 2. The quantitative estimate of drug-likeness (QED) is 0.660. The van der Waals surface area contributed by atoms with Crippen LogP contribution < -0.4 is 9.64 Å². The molecule has 3 rings (SSSR count). The van der Waals surface area contributed by atoms with Gasteiger partial charge < -0.3 is 19.4 Å². The van der Waals surface area contributed by atoms with Crippen LogP contribution in [0.1, 0.15) is 27.2 Å². The number of benzene rings is 1. The van der Waals surface area contributed by atoms with Gasteiger partial charge in [-0.15, -0.1) is 10.2 Å². The van der Waals surface area contributed by atoms with E-state index in [1.807, 2.05) is 62.1 Å². The maximum atomic E-state index is 12.8. The van der Waals surface area contributed by atoms with Crippen LogP contribution in [0.15, 0.2) is 36.4 Å². The molecule has 0 radical (unpaired) electrons. The van der Waals surface area contributed by atoms with E-state index in [-0.39, 0.29) is 24.3 Å². The van der Waals surface area contributed by atoms with Gasteiger partial charge in [-0.3, -0.25) is 9.59 Å². The number of likely N-dealkylation sites (N-methyl/N-ethyl adjacent to an activating group) is 1. The summed E-state index contributed by atoms with van der Waals surface area (Å²) in [5, 5.41) is 8.83. The zero-order valence-corrected chi connectivity index (χ0v) is 19.5. The maximum Gasteiger partial charge on any atom is 0.242 e. The van der Waals surface area contributed by atoms with Gasteiger partial charge in [0.25, 0.3) is 0 Å². The summed E-state index contributed by atoms with van der Waals surface area (Å²) in [5.74, 6) is 1.49. The molecule has 0 bridgehead atoms. The zero-order chi connectivity index (χ0) is 23.1. The summed E-state index contributed by atoms with van der Waals surface area (Å²) < 4.78 is 5.28. The molecule has 0 atom stereocenters. The highest BCUT2D eigenvalue weighted by molar-refractivity contribution is 5.85. The summed E-state index contributed by atoms with van der Waals surface area (Å²) in [5.41, 5.74) is 1.74. The minimum Gasteiger partial charge on any atom is -0.497 e. The van der Waals surface area contributed by atoms with Crippen LogP contribution in [0.4, 0.5) is 5.82 Å². The molecule has 1 fully saturated rings. The summed E-state index contributed by atoms with van der Waals surface area (Å²) in [7, 11) is 1.64. The highest BCUT2D eigenvalue weighted by atomic mass is 16.5.